The standard InChI is InChI=1S/C13H23N3/c1-8(2)16-11(14)10(9-6-7-9)15-12(16)13(3,4)5/h8-9H,6-7,14H2,1-5H3. The van der Waals surface area contributed by atoms with Gasteiger partial charge in [0.2, 0.25) is 0 Å². The van der Waals surface area contributed by atoms with Gasteiger partial charge in [-0.3, -0.25) is 0 Å². The molecule has 3 nitrogen and oxygen atoms in total. The molecule has 1 heterocycles. The first-order valence-electron chi connectivity index (χ1n) is 6.20. The van der Waals surface area contributed by atoms with Crippen LogP contribution in [0.25, 0.3) is 0 Å². The molecule has 3 heteroatoms. The average molecular weight is 221 g/mol. The van der Waals surface area contributed by atoms with Crippen LogP contribution in [0.3, 0.4) is 0 Å². The fourth-order valence-corrected chi connectivity index (χ4v) is 2.17. The lowest BCUT2D eigenvalue weighted by Gasteiger charge is -2.22. The van der Waals surface area contributed by atoms with E-state index in [9.17, 15) is 0 Å². The molecule has 0 unspecified atom stereocenters. The maximum absolute atomic E-state index is 6.24. The van der Waals surface area contributed by atoms with Gasteiger partial charge in [-0.05, 0) is 26.7 Å². The molecule has 0 saturated heterocycles. The Hall–Kier alpha value is -0.990. The summed E-state index contributed by atoms with van der Waals surface area (Å²) in [6.45, 7) is 10.9. The summed E-state index contributed by atoms with van der Waals surface area (Å²) in [6.07, 6.45) is 2.51. The van der Waals surface area contributed by atoms with Gasteiger partial charge in [0.05, 0.1) is 5.69 Å². The molecule has 2 N–H and O–H groups in total. The zero-order valence-corrected chi connectivity index (χ0v) is 11.0. The van der Waals surface area contributed by atoms with Crippen molar-refractivity contribution in [2.24, 2.45) is 0 Å². The number of anilines is 1. The first-order valence-corrected chi connectivity index (χ1v) is 6.20. The van der Waals surface area contributed by atoms with Gasteiger partial charge in [-0.1, -0.05) is 20.8 Å². The Morgan fingerprint density at radius 2 is 1.88 bits per heavy atom. The Kier molecular flexibility index (Phi) is 2.52. The van der Waals surface area contributed by atoms with Crippen molar-refractivity contribution in [2.45, 2.75) is 64.8 Å². The summed E-state index contributed by atoms with van der Waals surface area (Å²) in [4.78, 5) is 4.80. The van der Waals surface area contributed by atoms with E-state index >= 15 is 0 Å². The number of imidazole rings is 1. The highest BCUT2D eigenvalue weighted by Gasteiger charge is 2.33. The van der Waals surface area contributed by atoms with Crippen molar-refractivity contribution < 1.29 is 0 Å². The van der Waals surface area contributed by atoms with Crippen LogP contribution in [0, 0.1) is 0 Å². The highest BCUT2D eigenvalue weighted by molar-refractivity contribution is 5.44. The van der Waals surface area contributed by atoms with Gasteiger partial charge < -0.3 is 10.3 Å². The minimum Gasteiger partial charge on any atom is -0.384 e. The van der Waals surface area contributed by atoms with Gasteiger partial charge in [0.15, 0.2) is 0 Å². The van der Waals surface area contributed by atoms with Crippen LogP contribution in [0.5, 0.6) is 0 Å². The monoisotopic (exact) mass is 221 g/mol. The maximum Gasteiger partial charge on any atom is 0.127 e. The van der Waals surface area contributed by atoms with Crippen LogP contribution in [0.15, 0.2) is 0 Å². The van der Waals surface area contributed by atoms with Crippen LogP contribution in [0.1, 0.15) is 70.9 Å². The third-order valence-electron chi connectivity index (χ3n) is 3.13. The van der Waals surface area contributed by atoms with E-state index in [1.807, 2.05) is 0 Å². The molecule has 1 aromatic rings. The van der Waals surface area contributed by atoms with Gasteiger partial charge in [0.25, 0.3) is 0 Å². The molecule has 0 aliphatic heterocycles. The summed E-state index contributed by atoms with van der Waals surface area (Å²) < 4.78 is 2.20. The quantitative estimate of drug-likeness (QED) is 0.833. The van der Waals surface area contributed by atoms with Crippen molar-refractivity contribution >= 4 is 5.82 Å². The second kappa shape index (κ2) is 3.51. The zero-order chi connectivity index (χ0) is 12.1. The van der Waals surface area contributed by atoms with Crippen LogP contribution in [-0.4, -0.2) is 9.55 Å². The summed E-state index contributed by atoms with van der Waals surface area (Å²) in [5.74, 6) is 2.64. The Balaban J connectivity index is 2.54. The maximum atomic E-state index is 6.24. The zero-order valence-electron chi connectivity index (χ0n) is 11.0. The minimum absolute atomic E-state index is 0.0610. The average Bonchev–Trinajstić information content (AvgIpc) is 2.87. The van der Waals surface area contributed by atoms with Crippen molar-refractivity contribution in [1.82, 2.24) is 9.55 Å². The smallest absolute Gasteiger partial charge is 0.127 e. The lowest BCUT2D eigenvalue weighted by atomic mass is 9.95. The predicted molar refractivity (Wildman–Crippen MR) is 67.7 cm³/mol. The molecule has 0 bridgehead atoms. The van der Waals surface area contributed by atoms with Crippen LogP contribution in [0.2, 0.25) is 0 Å². The van der Waals surface area contributed by atoms with E-state index < -0.39 is 0 Å². The Labute approximate surface area is 98.1 Å². The van der Waals surface area contributed by atoms with Gasteiger partial charge in [-0.25, -0.2) is 4.98 Å². The highest BCUT2D eigenvalue weighted by atomic mass is 15.2. The first-order chi connectivity index (χ1) is 7.32. The Morgan fingerprint density at radius 3 is 2.19 bits per heavy atom. The Morgan fingerprint density at radius 1 is 1.31 bits per heavy atom. The van der Waals surface area contributed by atoms with E-state index in [1.165, 1.54) is 12.8 Å². The molecule has 1 aromatic heterocycles. The largest absolute Gasteiger partial charge is 0.384 e. The molecular weight excluding hydrogens is 198 g/mol. The molecule has 1 aliphatic carbocycles. The fourth-order valence-electron chi connectivity index (χ4n) is 2.17. The number of hydrogen-bond donors (Lipinski definition) is 1. The Bertz CT molecular complexity index is 392. The van der Waals surface area contributed by atoms with E-state index in [2.05, 4.69) is 39.2 Å². The van der Waals surface area contributed by atoms with Crippen molar-refractivity contribution in [2.75, 3.05) is 5.73 Å². The SMILES string of the molecule is CC(C)n1c(C(C)(C)C)nc(C2CC2)c1N. The second-order valence-electron chi connectivity index (χ2n) is 6.19. The summed E-state index contributed by atoms with van der Waals surface area (Å²) in [7, 11) is 0. The number of nitrogens with two attached hydrogens (primary N) is 1. The summed E-state index contributed by atoms with van der Waals surface area (Å²) in [5.41, 5.74) is 7.44. The van der Waals surface area contributed by atoms with Crippen molar-refractivity contribution in [1.29, 1.82) is 0 Å². The molecule has 1 fully saturated rings. The minimum atomic E-state index is 0.0610. The van der Waals surface area contributed by atoms with Crippen molar-refractivity contribution in [3.8, 4) is 0 Å². The van der Waals surface area contributed by atoms with E-state index in [0.717, 1.165) is 17.3 Å². The van der Waals surface area contributed by atoms with E-state index in [-0.39, 0.29) is 5.41 Å². The number of aromatic nitrogens is 2. The predicted octanol–water partition coefficient (Wildman–Crippen LogP) is 3.22. The van der Waals surface area contributed by atoms with Gasteiger partial charge in [0.1, 0.15) is 11.6 Å². The van der Waals surface area contributed by atoms with Crippen molar-refractivity contribution in [3.63, 3.8) is 0 Å². The molecule has 0 atom stereocenters. The third-order valence-corrected chi connectivity index (χ3v) is 3.13. The topological polar surface area (TPSA) is 43.8 Å². The molecule has 1 saturated carbocycles. The molecule has 0 spiro atoms. The molecule has 1 aliphatic rings. The normalized spacial score (nSPS) is 17.1. The van der Waals surface area contributed by atoms with Crippen LogP contribution in [-0.2, 0) is 5.41 Å². The molecular formula is C13H23N3. The first kappa shape index (κ1) is 11.5. The molecule has 16 heavy (non-hydrogen) atoms. The highest BCUT2D eigenvalue weighted by Crippen LogP contribution is 2.44. The number of nitrogen functional groups attached to an aromatic ring is 1. The summed E-state index contributed by atoms with van der Waals surface area (Å²) in [6, 6.07) is 0.384. The molecule has 0 amide bonds. The van der Waals surface area contributed by atoms with E-state index in [1.54, 1.807) is 0 Å². The number of rotatable bonds is 2. The number of hydrogen-bond acceptors (Lipinski definition) is 2. The van der Waals surface area contributed by atoms with Gasteiger partial charge in [-0.2, -0.15) is 0 Å². The van der Waals surface area contributed by atoms with Gasteiger partial charge in [0, 0.05) is 17.4 Å². The summed E-state index contributed by atoms with van der Waals surface area (Å²) >= 11 is 0. The van der Waals surface area contributed by atoms with Gasteiger partial charge in [-0.15, -0.1) is 0 Å². The van der Waals surface area contributed by atoms with Crippen LogP contribution >= 0.6 is 0 Å². The second-order valence-corrected chi connectivity index (χ2v) is 6.19. The van der Waals surface area contributed by atoms with Crippen LogP contribution in [0.4, 0.5) is 5.82 Å². The van der Waals surface area contributed by atoms with Crippen LogP contribution < -0.4 is 5.73 Å². The molecule has 90 valence electrons. The van der Waals surface area contributed by atoms with Crippen molar-refractivity contribution in [3.05, 3.63) is 11.5 Å². The molecule has 0 radical (unpaired) electrons. The molecule has 2 rings (SSSR count). The lowest BCUT2D eigenvalue weighted by Crippen LogP contribution is -2.21. The van der Waals surface area contributed by atoms with Gasteiger partial charge >= 0.3 is 0 Å². The lowest BCUT2D eigenvalue weighted by molar-refractivity contribution is 0.472. The number of nitrogens with zero attached hydrogens (tertiary/aromatic N) is 2. The van der Waals surface area contributed by atoms with E-state index in [0.29, 0.717) is 12.0 Å². The third kappa shape index (κ3) is 1.83. The summed E-state index contributed by atoms with van der Waals surface area (Å²) in [5, 5.41) is 0. The van der Waals surface area contributed by atoms with E-state index in [4.69, 9.17) is 10.7 Å². The fraction of sp³-hybridized carbons (Fsp3) is 0.769. The molecule has 0 aromatic carbocycles.